The number of hydrogen-bond acceptors (Lipinski definition) is 2. The first-order valence-electron chi connectivity index (χ1n) is 9.04. The topological polar surface area (TPSA) is 38.1 Å². The normalized spacial score (nSPS) is 25.4. The number of rotatable bonds is 3. The Hall–Kier alpha value is -2.17. The number of benzene rings is 1. The van der Waals surface area contributed by atoms with Crippen LogP contribution in [-0.4, -0.2) is 27.1 Å². The van der Waals surface area contributed by atoms with Crippen LogP contribution < -0.4 is 0 Å². The van der Waals surface area contributed by atoms with Gasteiger partial charge in [0, 0.05) is 30.8 Å². The van der Waals surface area contributed by atoms with Crippen molar-refractivity contribution in [3.63, 3.8) is 0 Å². The molecule has 2 fully saturated rings. The SMILES string of the molecule is Cc1nn(C)c(C)c1[C@@H]1CCCN1C(=O)[C@H]1C[C@@H]1c1ccccc1F. The Morgan fingerprint density at radius 2 is 2.04 bits per heavy atom. The molecule has 1 amide bonds. The highest BCUT2D eigenvalue weighted by Gasteiger charge is 2.49. The summed E-state index contributed by atoms with van der Waals surface area (Å²) >= 11 is 0. The lowest BCUT2D eigenvalue weighted by molar-refractivity contribution is -0.133. The van der Waals surface area contributed by atoms with E-state index in [-0.39, 0.29) is 29.6 Å². The molecule has 1 aliphatic heterocycles. The maximum atomic E-state index is 14.0. The van der Waals surface area contributed by atoms with Crippen molar-refractivity contribution >= 4 is 5.91 Å². The first kappa shape index (κ1) is 16.3. The number of hydrogen-bond donors (Lipinski definition) is 0. The number of amides is 1. The molecule has 5 heteroatoms. The van der Waals surface area contributed by atoms with Gasteiger partial charge in [0.1, 0.15) is 5.82 Å². The van der Waals surface area contributed by atoms with Gasteiger partial charge in [-0.15, -0.1) is 0 Å². The minimum absolute atomic E-state index is 0.0334. The zero-order valence-corrected chi connectivity index (χ0v) is 15.0. The monoisotopic (exact) mass is 341 g/mol. The molecule has 4 rings (SSSR count). The molecule has 1 aliphatic carbocycles. The largest absolute Gasteiger partial charge is 0.335 e. The zero-order chi connectivity index (χ0) is 17.7. The van der Waals surface area contributed by atoms with Gasteiger partial charge in [-0.2, -0.15) is 5.10 Å². The van der Waals surface area contributed by atoms with E-state index in [0.29, 0.717) is 5.56 Å². The standard InChI is InChI=1S/C20H24FN3O/c1-12-19(13(2)23(3)22-12)18-9-6-10-24(18)20(25)16-11-15(16)14-7-4-5-8-17(14)21/h4-5,7-8,15-16,18H,6,9-11H2,1-3H3/t15-,16+,18+/m1/s1. The molecule has 4 nitrogen and oxygen atoms in total. The van der Waals surface area contributed by atoms with Crippen molar-refractivity contribution in [2.45, 2.75) is 45.1 Å². The molecule has 0 spiro atoms. The van der Waals surface area contributed by atoms with Gasteiger partial charge in [-0.1, -0.05) is 18.2 Å². The molecule has 3 atom stereocenters. The van der Waals surface area contributed by atoms with Crippen molar-refractivity contribution in [2.75, 3.05) is 6.54 Å². The van der Waals surface area contributed by atoms with Gasteiger partial charge in [-0.05, 0) is 50.7 Å². The van der Waals surface area contributed by atoms with Crippen molar-refractivity contribution in [2.24, 2.45) is 13.0 Å². The van der Waals surface area contributed by atoms with E-state index >= 15 is 0 Å². The summed E-state index contributed by atoms with van der Waals surface area (Å²) in [6.45, 7) is 4.87. The van der Waals surface area contributed by atoms with E-state index in [1.54, 1.807) is 6.07 Å². The molecule has 2 aliphatic rings. The van der Waals surface area contributed by atoms with Crippen LogP contribution in [0.5, 0.6) is 0 Å². The summed E-state index contributed by atoms with van der Waals surface area (Å²) in [6.07, 6.45) is 2.76. The van der Waals surface area contributed by atoms with Crippen LogP contribution in [0.4, 0.5) is 4.39 Å². The van der Waals surface area contributed by atoms with E-state index in [1.807, 2.05) is 35.7 Å². The summed E-state index contributed by atoms with van der Waals surface area (Å²) in [5.41, 5.74) is 4.01. The number of nitrogens with zero attached hydrogens (tertiary/aromatic N) is 3. The van der Waals surface area contributed by atoms with Gasteiger partial charge in [0.05, 0.1) is 11.7 Å². The Bertz CT molecular complexity index is 828. The predicted octanol–water partition coefficient (Wildman–Crippen LogP) is 3.64. The Morgan fingerprint density at radius 3 is 2.72 bits per heavy atom. The fourth-order valence-electron chi connectivity index (χ4n) is 4.40. The van der Waals surface area contributed by atoms with E-state index in [9.17, 15) is 9.18 Å². The van der Waals surface area contributed by atoms with Crippen molar-refractivity contribution in [3.05, 3.63) is 52.6 Å². The third-order valence-corrected chi connectivity index (χ3v) is 5.85. The lowest BCUT2D eigenvalue weighted by Gasteiger charge is -2.25. The van der Waals surface area contributed by atoms with Crippen LogP contribution in [0.1, 0.15) is 53.7 Å². The number of carbonyl (C=O) groups is 1. The van der Waals surface area contributed by atoms with Gasteiger partial charge >= 0.3 is 0 Å². The van der Waals surface area contributed by atoms with Gasteiger partial charge in [-0.25, -0.2) is 4.39 Å². The Morgan fingerprint density at radius 1 is 1.28 bits per heavy atom. The highest BCUT2D eigenvalue weighted by molar-refractivity contribution is 5.83. The molecule has 2 aromatic rings. The summed E-state index contributed by atoms with van der Waals surface area (Å²) in [6, 6.07) is 6.95. The summed E-state index contributed by atoms with van der Waals surface area (Å²) in [5.74, 6) is -0.0565. The molecule has 132 valence electrons. The fourth-order valence-corrected chi connectivity index (χ4v) is 4.40. The smallest absolute Gasteiger partial charge is 0.226 e. The van der Waals surface area contributed by atoms with Gasteiger partial charge in [-0.3, -0.25) is 9.48 Å². The summed E-state index contributed by atoms with van der Waals surface area (Å²) in [4.78, 5) is 15.1. The van der Waals surface area contributed by atoms with Crippen LogP contribution in [0.15, 0.2) is 24.3 Å². The molecule has 2 heterocycles. The van der Waals surface area contributed by atoms with Gasteiger partial charge in [0.25, 0.3) is 0 Å². The number of aryl methyl sites for hydroxylation is 2. The van der Waals surface area contributed by atoms with Crippen molar-refractivity contribution < 1.29 is 9.18 Å². The molecule has 1 saturated carbocycles. The third kappa shape index (κ3) is 2.66. The van der Waals surface area contributed by atoms with E-state index < -0.39 is 0 Å². The van der Waals surface area contributed by atoms with Crippen molar-refractivity contribution in [3.8, 4) is 0 Å². The van der Waals surface area contributed by atoms with Crippen LogP contribution in [0.2, 0.25) is 0 Å². The Labute approximate surface area is 147 Å². The predicted molar refractivity (Wildman–Crippen MR) is 93.6 cm³/mol. The minimum Gasteiger partial charge on any atom is -0.335 e. The summed E-state index contributed by atoms with van der Waals surface area (Å²) < 4.78 is 15.9. The van der Waals surface area contributed by atoms with Crippen LogP contribution >= 0.6 is 0 Å². The molecule has 25 heavy (non-hydrogen) atoms. The van der Waals surface area contributed by atoms with Crippen LogP contribution in [-0.2, 0) is 11.8 Å². The lowest BCUT2D eigenvalue weighted by Crippen LogP contribution is -2.32. The van der Waals surface area contributed by atoms with Crippen molar-refractivity contribution in [1.82, 2.24) is 14.7 Å². The van der Waals surface area contributed by atoms with Crippen molar-refractivity contribution in [1.29, 1.82) is 0 Å². The third-order valence-electron chi connectivity index (χ3n) is 5.85. The Kier molecular flexibility index (Phi) is 3.89. The van der Waals surface area contributed by atoms with Crippen LogP contribution in [0, 0.1) is 25.6 Å². The van der Waals surface area contributed by atoms with Gasteiger partial charge in [0.15, 0.2) is 0 Å². The van der Waals surface area contributed by atoms with Crippen LogP contribution in [0.3, 0.4) is 0 Å². The van der Waals surface area contributed by atoms with Gasteiger partial charge in [0.2, 0.25) is 5.91 Å². The van der Waals surface area contributed by atoms with E-state index in [1.165, 1.54) is 11.6 Å². The minimum atomic E-state index is -0.195. The number of halogens is 1. The molecule has 1 saturated heterocycles. The second-order valence-corrected chi connectivity index (χ2v) is 7.37. The fraction of sp³-hybridized carbons (Fsp3) is 0.500. The van der Waals surface area contributed by atoms with E-state index in [0.717, 1.165) is 37.2 Å². The molecule has 0 unspecified atom stereocenters. The highest BCUT2D eigenvalue weighted by Crippen LogP contribution is 2.51. The molecule has 0 radical (unpaired) electrons. The number of likely N-dealkylation sites (tertiary alicyclic amines) is 1. The maximum Gasteiger partial charge on any atom is 0.226 e. The second-order valence-electron chi connectivity index (χ2n) is 7.37. The average molecular weight is 341 g/mol. The summed E-state index contributed by atoms with van der Waals surface area (Å²) in [5, 5.41) is 4.51. The molecule has 0 bridgehead atoms. The van der Waals surface area contributed by atoms with E-state index in [2.05, 4.69) is 12.0 Å². The molecular weight excluding hydrogens is 317 g/mol. The first-order valence-corrected chi connectivity index (χ1v) is 9.04. The lowest BCUT2D eigenvalue weighted by atomic mass is 10.0. The number of aromatic nitrogens is 2. The highest BCUT2D eigenvalue weighted by atomic mass is 19.1. The first-order chi connectivity index (χ1) is 12.0. The van der Waals surface area contributed by atoms with Crippen LogP contribution in [0.25, 0.3) is 0 Å². The zero-order valence-electron chi connectivity index (χ0n) is 15.0. The molecular formula is C20H24FN3O. The molecule has 0 N–H and O–H groups in total. The second kappa shape index (κ2) is 5.97. The molecule has 1 aromatic carbocycles. The summed E-state index contributed by atoms with van der Waals surface area (Å²) in [7, 11) is 1.95. The maximum absolute atomic E-state index is 14.0. The Balaban J connectivity index is 1.56. The number of carbonyl (C=O) groups excluding carboxylic acids is 1. The average Bonchev–Trinajstić information content (AvgIpc) is 3.16. The van der Waals surface area contributed by atoms with E-state index in [4.69, 9.17) is 0 Å². The molecule has 1 aromatic heterocycles. The van der Waals surface area contributed by atoms with Gasteiger partial charge < -0.3 is 4.90 Å². The quantitative estimate of drug-likeness (QED) is 0.855.